The zero-order chi connectivity index (χ0) is 15.5. The highest BCUT2D eigenvalue weighted by molar-refractivity contribution is 5.92. The second-order valence-electron chi connectivity index (χ2n) is 5.67. The molecule has 1 amide bonds. The van der Waals surface area contributed by atoms with Gasteiger partial charge in [-0.25, -0.2) is 0 Å². The Morgan fingerprint density at radius 3 is 2.82 bits per heavy atom. The smallest absolute Gasteiger partial charge is 0.274 e. The minimum Gasteiger partial charge on any atom is -0.328 e. The Labute approximate surface area is 129 Å². The van der Waals surface area contributed by atoms with E-state index >= 15 is 0 Å². The van der Waals surface area contributed by atoms with Crippen molar-refractivity contribution < 1.29 is 4.79 Å². The Hall–Kier alpha value is -2.18. The number of hydrogen-bond donors (Lipinski definition) is 2. The van der Waals surface area contributed by atoms with Gasteiger partial charge in [-0.05, 0) is 18.7 Å². The van der Waals surface area contributed by atoms with Crippen LogP contribution in [0.4, 0.5) is 0 Å². The summed E-state index contributed by atoms with van der Waals surface area (Å²) in [5.41, 5.74) is 7.93. The summed E-state index contributed by atoms with van der Waals surface area (Å²) in [6, 6.07) is 11.9. The van der Waals surface area contributed by atoms with Gasteiger partial charge < -0.3 is 15.5 Å². The number of piperazine rings is 1. The number of H-pyrrole nitrogens is 1. The molecular weight excluding hydrogens is 278 g/mol. The number of likely N-dealkylation sites (N-methyl/N-ethyl adjacent to an activating group) is 1. The minimum atomic E-state index is -0.0436. The van der Waals surface area contributed by atoms with Gasteiger partial charge in [0.05, 0.1) is 6.04 Å². The van der Waals surface area contributed by atoms with E-state index in [0.717, 1.165) is 24.3 Å². The van der Waals surface area contributed by atoms with Crippen molar-refractivity contribution in [3.05, 3.63) is 53.3 Å². The van der Waals surface area contributed by atoms with E-state index in [1.165, 1.54) is 0 Å². The van der Waals surface area contributed by atoms with Crippen LogP contribution in [-0.4, -0.2) is 52.6 Å². The van der Waals surface area contributed by atoms with Crippen LogP contribution >= 0.6 is 0 Å². The molecule has 1 aliphatic heterocycles. The first-order chi connectivity index (χ1) is 10.7. The van der Waals surface area contributed by atoms with E-state index in [1.807, 2.05) is 23.1 Å². The summed E-state index contributed by atoms with van der Waals surface area (Å²) in [4.78, 5) is 17.0. The van der Waals surface area contributed by atoms with Crippen molar-refractivity contribution in [2.75, 3.05) is 26.7 Å². The molecule has 1 aliphatic rings. The minimum absolute atomic E-state index is 0.0436. The molecule has 3 N–H and O–H groups in total. The lowest BCUT2D eigenvalue weighted by atomic mass is 10.0. The van der Waals surface area contributed by atoms with Crippen LogP contribution < -0.4 is 5.73 Å². The number of aromatic amines is 1. The van der Waals surface area contributed by atoms with Crippen LogP contribution in [0.1, 0.15) is 27.8 Å². The van der Waals surface area contributed by atoms with E-state index in [1.54, 1.807) is 6.07 Å². The van der Waals surface area contributed by atoms with E-state index in [9.17, 15) is 4.79 Å². The van der Waals surface area contributed by atoms with Gasteiger partial charge in [0.2, 0.25) is 0 Å². The van der Waals surface area contributed by atoms with E-state index in [2.05, 4.69) is 34.3 Å². The maximum absolute atomic E-state index is 12.8. The summed E-state index contributed by atoms with van der Waals surface area (Å²) in [6.07, 6.45) is 0. The largest absolute Gasteiger partial charge is 0.328 e. The van der Waals surface area contributed by atoms with Crippen LogP contribution in [0, 0.1) is 0 Å². The molecule has 0 saturated carbocycles. The van der Waals surface area contributed by atoms with Crippen molar-refractivity contribution in [3.63, 3.8) is 0 Å². The Kier molecular flexibility index (Phi) is 4.22. The lowest BCUT2D eigenvalue weighted by Crippen LogP contribution is -2.49. The number of nitrogens with two attached hydrogens (primary N) is 1. The van der Waals surface area contributed by atoms with Gasteiger partial charge in [0, 0.05) is 31.9 Å². The molecule has 22 heavy (non-hydrogen) atoms. The van der Waals surface area contributed by atoms with E-state index in [-0.39, 0.29) is 11.9 Å². The average molecular weight is 299 g/mol. The first kappa shape index (κ1) is 14.7. The highest BCUT2D eigenvalue weighted by Crippen LogP contribution is 2.26. The molecule has 6 heteroatoms. The Bertz CT molecular complexity index is 639. The van der Waals surface area contributed by atoms with Crippen LogP contribution in [0.25, 0.3) is 0 Å². The number of aromatic nitrogens is 2. The highest BCUT2D eigenvalue weighted by atomic mass is 16.2. The van der Waals surface area contributed by atoms with E-state index < -0.39 is 0 Å². The van der Waals surface area contributed by atoms with Gasteiger partial charge in [0.1, 0.15) is 5.69 Å². The molecule has 1 saturated heterocycles. The fourth-order valence-corrected chi connectivity index (χ4v) is 2.85. The van der Waals surface area contributed by atoms with Crippen LogP contribution in [0.15, 0.2) is 36.4 Å². The quantitative estimate of drug-likeness (QED) is 0.886. The molecule has 0 aliphatic carbocycles. The summed E-state index contributed by atoms with van der Waals surface area (Å²) in [7, 11) is 2.08. The molecular formula is C16H21N5O. The van der Waals surface area contributed by atoms with Gasteiger partial charge in [-0.15, -0.1) is 0 Å². The number of carbonyl (C=O) groups excluding carboxylic acids is 1. The van der Waals surface area contributed by atoms with Crippen molar-refractivity contribution in [2.45, 2.75) is 12.6 Å². The van der Waals surface area contributed by atoms with Crippen molar-refractivity contribution in [3.8, 4) is 0 Å². The number of amides is 1. The molecule has 1 unspecified atom stereocenters. The zero-order valence-electron chi connectivity index (χ0n) is 12.7. The second kappa shape index (κ2) is 6.29. The molecule has 3 rings (SSSR count). The number of nitrogens with one attached hydrogen (secondary N) is 1. The molecule has 1 aromatic heterocycles. The molecule has 2 heterocycles. The number of rotatable bonds is 3. The number of carbonyl (C=O) groups is 1. The molecule has 0 radical (unpaired) electrons. The first-order valence-electron chi connectivity index (χ1n) is 7.48. The summed E-state index contributed by atoms with van der Waals surface area (Å²) in [6.45, 7) is 2.73. The molecule has 0 bridgehead atoms. The Morgan fingerprint density at radius 2 is 2.14 bits per heavy atom. The van der Waals surface area contributed by atoms with Gasteiger partial charge in [-0.3, -0.25) is 9.89 Å². The van der Waals surface area contributed by atoms with Crippen molar-refractivity contribution in [1.29, 1.82) is 0 Å². The lowest BCUT2D eigenvalue weighted by molar-refractivity contribution is 0.0492. The number of hydrogen-bond acceptors (Lipinski definition) is 4. The third-order valence-electron chi connectivity index (χ3n) is 4.10. The van der Waals surface area contributed by atoms with Crippen LogP contribution in [0.3, 0.4) is 0 Å². The summed E-state index contributed by atoms with van der Waals surface area (Å²) >= 11 is 0. The van der Waals surface area contributed by atoms with Gasteiger partial charge in [-0.2, -0.15) is 5.10 Å². The van der Waals surface area contributed by atoms with Gasteiger partial charge in [-0.1, -0.05) is 30.3 Å². The van der Waals surface area contributed by atoms with Gasteiger partial charge in [0.15, 0.2) is 0 Å². The topological polar surface area (TPSA) is 78.2 Å². The fraction of sp³-hybridized carbons (Fsp3) is 0.375. The Morgan fingerprint density at radius 1 is 1.36 bits per heavy atom. The van der Waals surface area contributed by atoms with Gasteiger partial charge >= 0.3 is 0 Å². The zero-order valence-corrected chi connectivity index (χ0v) is 12.7. The predicted octanol–water partition coefficient (Wildman–Crippen LogP) is 0.997. The van der Waals surface area contributed by atoms with Crippen LogP contribution in [0.5, 0.6) is 0 Å². The highest BCUT2D eigenvalue weighted by Gasteiger charge is 2.31. The third-order valence-corrected chi connectivity index (χ3v) is 4.10. The Balaban J connectivity index is 1.87. The standard InChI is InChI=1S/C16H21N5O/c1-20-7-8-21(15(11-20)12-5-3-2-4-6-12)16(22)14-9-13(10-17)18-19-14/h2-6,9,15H,7-8,10-11,17H2,1H3,(H,18,19). The maximum atomic E-state index is 12.8. The molecule has 6 nitrogen and oxygen atoms in total. The maximum Gasteiger partial charge on any atom is 0.274 e. The summed E-state index contributed by atoms with van der Waals surface area (Å²) < 4.78 is 0. The molecule has 2 aromatic rings. The normalized spacial score (nSPS) is 19.4. The fourth-order valence-electron chi connectivity index (χ4n) is 2.85. The van der Waals surface area contributed by atoms with Crippen molar-refractivity contribution >= 4 is 5.91 Å². The first-order valence-corrected chi connectivity index (χ1v) is 7.48. The lowest BCUT2D eigenvalue weighted by Gasteiger charge is -2.40. The van der Waals surface area contributed by atoms with Crippen LogP contribution in [0.2, 0.25) is 0 Å². The average Bonchev–Trinajstić information content (AvgIpc) is 3.04. The SMILES string of the molecule is CN1CCN(C(=O)c2cc(CN)[nH]n2)C(c2ccccc2)C1. The monoisotopic (exact) mass is 299 g/mol. The predicted molar refractivity (Wildman–Crippen MR) is 84.2 cm³/mol. The summed E-state index contributed by atoms with van der Waals surface area (Å²) in [5.74, 6) is -0.0436. The van der Waals surface area contributed by atoms with E-state index in [4.69, 9.17) is 5.73 Å². The molecule has 1 fully saturated rings. The summed E-state index contributed by atoms with van der Waals surface area (Å²) in [5, 5.41) is 6.91. The van der Waals surface area contributed by atoms with Crippen molar-refractivity contribution in [2.24, 2.45) is 5.73 Å². The third kappa shape index (κ3) is 2.88. The molecule has 0 spiro atoms. The van der Waals surface area contributed by atoms with Crippen molar-refractivity contribution in [1.82, 2.24) is 20.0 Å². The molecule has 1 atom stereocenters. The number of nitrogens with zero attached hydrogens (tertiary/aromatic N) is 3. The van der Waals surface area contributed by atoms with Crippen LogP contribution in [-0.2, 0) is 6.54 Å². The molecule has 116 valence electrons. The van der Waals surface area contributed by atoms with E-state index in [0.29, 0.717) is 18.8 Å². The molecule has 1 aromatic carbocycles. The second-order valence-corrected chi connectivity index (χ2v) is 5.67. The van der Waals surface area contributed by atoms with Gasteiger partial charge in [0.25, 0.3) is 5.91 Å². The number of benzene rings is 1.